The van der Waals surface area contributed by atoms with Gasteiger partial charge in [0.05, 0.1) is 13.2 Å². The maximum Gasteiger partial charge on any atom is 0.432 e. The molecule has 0 N–H and O–H groups in total. The Hall–Kier alpha value is -3.32. The molecule has 3 aromatic rings. The number of alkyl halides is 5. The van der Waals surface area contributed by atoms with E-state index in [0.29, 0.717) is 31.8 Å². The Balaban J connectivity index is 1.63. The van der Waals surface area contributed by atoms with Crippen molar-refractivity contribution in [2.75, 3.05) is 13.2 Å². The van der Waals surface area contributed by atoms with E-state index in [0.717, 1.165) is 12.1 Å². The highest BCUT2D eigenvalue weighted by molar-refractivity contribution is 5.65. The third kappa shape index (κ3) is 5.52. The molecular formula is C24H14F10O3. The van der Waals surface area contributed by atoms with Gasteiger partial charge in [0.2, 0.25) is 0 Å². The Labute approximate surface area is 202 Å². The highest BCUT2D eigenvalue weighted by Gasteiger charge is 2.43. The molecule has 13 heteroatoms. The molecule has 0 unspecified atom stereocenters. The standard InChI is InChI=1S/C24H14F10O3/c25-15-6-11(22-35-4-1-5-36-22)2-3-14(15)12-7-16(26)21(17(27)8-12)24(33,34)37-13-9-18(28)20(19(29)10-13)23(30,31)32/h2-3,6-10,22H,1,4-5H2. The third-order valence-corrected chi connectivity index (χ3v) is 5.28. The summed E-state index contributed by atoms with van der Waals surface area (Å²) < 4.78 is 153. The van der Waals surface area contributed by atoms with E-state index in [2.05, 4.69) is 4.74 Å². The number of hydrogen-bond acceptors (Lipinski definition) is 3. The molecule has 3 nitrogen and oxygen atoms in total. The Bertz CT molecular complexity index is 1270. The van der Waals surface area contributed by atoms with Crippen LogP contribution in [0.3, 0.4) is 0 Å². The van der Waals surface area contributed by atoms with E-state index in [1.165, 1.54) is 6.07 Å². The van der Waals surface area contributed by atoms with Gasteiger partial charge in [0.15, 0.2) is 6.29 Å². The first-order valence-corrected chi connectivity index (χ1v) is 10.4. The van der Waals surface area contributed by atoms with Gasteiger partial charge in [-0.25, -0.2) is 22.0 Å². The first kappa shape index (κ1) is 26.7. The van der Waals surface area contributed by atoms with Crippen LogP contribution in [0.4, 0.5) is 43.9 Å². The minimum atomic E-state index is -5.48. The van der Waals surface area contributed by atoms with E-state index in [4.69, 9.17) is 9.47 Å². The number of rotatable bonds is 5. The summed E-state index contributed by atoms with van der Waals surface area (Å²) in [4.78, 5) is 0. The molecule has 37 heavy (non-hydrogen) atoms. The summed E-state index contributed by atoms with van der Waals surface area (Å²) in [5, 5.41) is 0. The summed E-state index contributed by atoms with van der Waals surface area (Å²) in [6.07, 6.45) is -10.6. The van der Waals surface area contributed by atoms with Crippen molar-refractivity contribution in [1.82, 2.24) is 0 Å². The topological polar surface area (TPSA) is 27.7 Å². The van der Waals surface area contributed by atoms with Crippen LogP contribution >= 0.6 is 0 Å². The van der Waals surface area contributed by atoms with Crippen LogP contribution in [0.2, 0.25) is 0 Å². The van der Waals surface area contributed by atoms with Crippen LogP contribution in [-0.4, -0.2) is 13.2 Å². The molecule has 1 heterocycles. The fraction of sp³-hybridized carbons (Fsp3) is 0.250. The maximum atomic E-state index is 14.7. The van der Waals surface area contributed by atoms with Crippen molar-refractivity contribution >= 4 is 0 Å². The molecule has 0 atom stereocenters. The van der Waals surface area contributed by atoms with Gasteiger partial charge < -0.3 is 14.2 Å². The van der Waals surface area contributed by atoms with Gasteiger partial charge in [-0.2, -0.15) is 22.0 Å². The summed E-state index contributed by atoms with van der Waals surface area (Å²) in [5.41, 5.74) is -4.94. The fourth-order valence-corrected chi connectivity index (χ4v) is 3.68. The Kier molecular flexibility index (Phi) is 7.12. The van der Waals surface area contributed by atoms with Crippen LogP contribution in [0.25, 0.3) is 11.1 Å². The number of hydrogen-bond donors (Lipinski definition) is 0. The van der Waals surface area contributed by atoms with Gasteiger partial charge in [0, 0.05) is 23.3 Å². The molecule has 1 fully saturated rings. The smallest absolute Gasteiger partial charge is 0.429 e. The van der Waals surface area contributed by atoms with E-state index in [1.54, 1.807) is 0 Å². The van der Waals surface area contributed by atoms with Gasteiger partial charge in [-0.15, -0.1) is 0 Å². The quantitative estimate of drug-likeness (QED) is 0.312. The molecular weight excluding hydrogens is 526 g/mol. The number of ether oxygens (including phenoxy) is 3. The van der Waals surface area contributed by atoms with Crippen molar-refractivity contribution in [1.29, 1.82) is 0 Å². The van der Waals surface area contributed by atoms with Gasteiger partial charge in [-0.3, -0.25) is 0 Å². The second-order valence-corrected chi connectivity index (χ2v) is 7.86. The summed E-state index contributed by atoms with van der Waals surface area (Å²) in [5.74, 6) is -10.8. The maximum absolute atomic E-state index is 14.7. The lowest BCUT2D eigenvalue weighted by molar-refractivity contribution is -0.189. The highest BCUT2D eigenvalue weighted by Crippen LogP contribution is 2.40. The van der Waals surface area contributed by atoms with Crippen LogP contribution in [0.5, 0.6) is 5.75 Å². The molecule has 0 bridgehead atoms. The predicted molar refractivity (Wildman–Crippen MR) is 107 cm³/mol. The molecule has 0 aliphatic carbocycles. The lowest BCUT2D eigenvalue weighted by Crippen LogP contribution is -2.25. The molecule has 1 aliphatic heterocycles. The molecule has 4 rings (SSSR count). The Morgan fingerprint density at radius 3 is 1.73 bits per heavy atom. The zero-order valence-corrected chi connectivity index (χ0v) is 18.2. The van der Waals surface area contributed by atoms with Crippen LogP contribution in [0, 0.1) is 29.1 Å². The highest BCUT2D eigenvalue weighted by atomic mass is 19.4. The first-order valence-electron chi connectivity index (χ1n) is 10.4. The zero-order valence-electron chi connectivity index (χ0n) is 18.2. The van der Waals surface area contributed by atoms with E-state index < -0.39 is 70.1 Å². The molecule has 198 valence electrons. The lowest BCUT2D eigenvalue weighted by Gasteiger charge is -2.24. The van der Waals surface area contributed by atoms with Crippen molar-refractivity contribution < 1.29 is 58.1 Å². The molecule has 1 aliphatic rings. The average Bonchev–Trinajstić information content (AvgIpc) is 2.77. The second kappa shape index (κ2) is 9.86. The van der Waals surface area contributed by atoms with Crippen molar-refractivity contribution in [2.24, 2.45) is 0 Å². The minimum Gasteiger partial charge on any atom is -0.429 e. The van der Waals surface area contributed by atoms with Crippen molar-refractivity contribution in [2.45, 2.75) is 25.0 Å². The third-order valence-electron chi connectivity index (χ3n) is 5.28. The monoisotopic (exact) mass is 540 g/mol. The fourth-order valence-electron chi connectivity index (χ4n) is 3.68. The van der Waals surface area contributed by atoms with Gasteiger partial charge in [0.1, 0.15) is 46.0 Å². The normalized spacial score (nSPS) is 15.2. The number of benzene rings is 3. The summed E-state index contributed by atoms with van der Waals surface area (Å²) in [6, 6.07) is 3.79. The van der Waals surface area contributed by atoms with E-state index >= 15 is 0 Å². The van der Waals surface area contributed by atoms with Gasteiger partial charge in [-0.1, -0.05) is 12.1 Å². The lowest BCUT2D eigenvalue weighted by atomic mass is 10.00. The van der Waals surface area contributed by atoms with Crippen LogP contribution in [0.1, 0.15) is 29.4 Å². The van der Waals surface area contributed by atoms with Gasteiger partial charge >= 0.3 is 12.3 Å². The minimum absolute atomic E-state index is 0.208. The Morgan fingerprint density at radius 2 is 1.22 bits per heavy atom. The molecule has 1 saturated heterocycles. The van der Waals surface area contributed by atoms with Crippen LogP contribution < -0.4 is 4.74 Å². The van der Waals surface area contributed by atoms with Gasteiger partial charge in [-0.05, 0) is 30.2 Å². The summed E-state index contributed by atoms with van der Waals surface area (Å²) in [7, 11) is 0. The predicted octanol–water partition coefficient (Wildman–Crippen LogP) is 7.63. The van der Waals surface area contributed by atoms with E-state index in [1.807, 2.05) is 0 Å². The van der Waals surface area contributed by atoms with E-state index in [9.17, 15) is 43.9 Å². The van der Waals surface area contributed by atoms with Crippen LogP contribution in [-0.2, 0) is 21.8 Å². The van der Waals surface area contributed by atoms with Crippen molar-refractivity contribution in [3.05, 3.63) is 88.2 Å². The molecule has 3 aromatic carbocycles. The van der Waals surface area contributed by atoms with Crippen LogP contribution in [0.15, 0.2) is 42.5 Å². The molecule has 0 amide bonds. The molecule has 0 radical (unpaired) electrons. The van der Waals surface area contributed by atoms with Crippen molar-refractivity contribution in [3.8, 4) is 16.9 Å². The zero-order chi connectivity index (χ0) is 27.1. The summed E-state index contributed by atoms with van der Waals surface area (Å²) >= 11 is 0. The second-order valence-electron chi connectivity index (χ2n) is 7.86. The molecule has 0 aromatic heterocycles. The molecule has 0 spiro atoms. The average molecular weight is 540 g/mol. The first-order chi connectivity index (χ1) is 17.3. The van der Waals surface area contributed by atoms with Crippen molar-refractivity contribution in [3.63, 3.8) is 0 Å². The number of halogens is 10. The van der Waals surface area contributed by atoms with E-state index in [-0.39, 0.29) is 23.3 Å². The van der Waals surface area contributed by atoms with Gasteiger partial charge in [0.25, 0.3) is 0 Å². The molecule has 0 saturated carbocycles. The SMILES string of the molecule is Fc1cc(C2OCCCO2)ccc1-c1cc(F)c(C(F)(F)Oc2cc(F)c(C(F)(F)F)c(F)c2)c(F)c1. The summed E-state index contributed by atoms with van der Waals surface area (Å²) in [6.45, 7) is 0.738. The Morgan fingerprint density at radius 1 is 0.676 bits per heavy atom. The largest absolute Gasteiger partial charge is 0.432 e.